The number of ether oxygens (including phenoxy) is 1. The maximum Gasteiger partial charge on any atom is 0.410 e. The number of nitrogens with one attached hydrogen (secondary N) is 1. The molecule has 0 saturated carbocycles. The molecule has 1 unspecified atom stereocenters. The van der Waals surface area contributed by atoms with Gasteiger partial charge in [-0.1, -0.05) is 33.4 Å². The van der Waals surface area contributed by atoms with Crippen molar-refractivity contribution in [1.82, 2.24) is 10.2 Å². The van der Waals surface area contributed by atoms with Gasteiger partial charge >= 0.3 is 6.09 Å². The van der Waals surface area contributed by atoms with E-state index in [0.717, 1.165) is 12.8 Å². The topological polar surface area (TPSA) is 84.9 Å². The number of hydrogen-bond acceptors (Lipinski definition) is 5. The number of Topliss-reactive ketones (excluding diaryl/α,β-unsaturated/α-hetero) is 1. The highest BCUT2D eigenvalue weighted by Crippen LogP contribution is 2.45. The number of amides is 2. The van der Waals surface area contributed by atoms with Gasteiger partial charge in [0.1, 0.15) is 12.4 Å². The van der Waals surface area contributed by atoms with E-state index in [0.29, 0.717) is 31.8 Å². The van der Waals surface area contributed by atoms with Crippen molar-refractivity contribution in [3.63, 3.8) is 0 Å². The SMILES string of the molecule is C=CCOC(=O)N1CCC(CCC(=O)C[C@H]2NC(=O)[C@@H]2[C@@](C)(O[SiH](C)C)C(C)(C)C)C1. The van der Waals surface area contributed by atoms with E-state index in [1.807, 2.05) is 6.92 Å². The van der Waals surface area contributed by atoms with Crippen LogP contribution in [0.15, 0.2) is 12.7 Å². The Morgan fingerprint density at radius 2 is 1.97 bits per heavy atom. The van der Waals surface area contributed by atoms with Gasteiger partial charge in [0.05, 0.1) is 17.6 Å². The molecular weight excluding hydrogens is 412 g/mol. The molecule has 2 aliphatic rings. The van der Waals surface area contributed by atoms with Crippen LogP contribution in [0, 0.1) is 17.3 Å². The monoisotopic (exact) mass is 452 g/mol. The van der Waals surface area contributed by atoms with E-state index >= 15 is 0 Å². The summed E-state index contributed by atoms with van der Waals surface area (Å²) in [6, 6.07) is -0.175. The molecule has 0 spiro atoms. The van der Waals surface area contributed by atoms with Crippen LogP contribution in [0.2, 0.25) is 13.1 Å². The molecule has 0 radical (unpaired) electrons. The van der Waals surface area contributed by atoms with Gasteiger partial charge in [-0.05, 0) is 44.2 Å². The van der Waals surface area contributed by atoms with Gasteiger partial charge < -0.3 is 19.4 Å². The third-order valence-electron chi connectivity index (χ3n) is 6.72. The Balaban J connectivity index is 1.87. The molecule has 4 atom stereocenters. The summed E-state index contributed by atoms with van der Waals surface area (Å²) >= 11 is 0. The van der Waals surface area contributed by atoms with Crippen molar-refractivity contribution in [2.45, 2.75) is 78.1 Å². The van der Waals surface area contributed by atoms with Crippen LogP contribution in [-0.2, 0) is 18.8 Å². The molecule has 8 heteroatoms. The van der Waals surface area contributed by atoms with Crippen LogP contribution in [0.3, 0.4) is 0 Å². The first-order valence-corrected chi connectivity index (χ1v) is 14.2. The van der Waals surface area contributed by atoms with Crippen LogP contribution in [0.25, 0.3) is 0 Å². The molecule has 2 saturated heterocycles. The van der Waals surface area contributed by atoms with Gasteiger partial charge in [-0.15, -0.1) is 0 Å². The van der Waals surface area contributed by atoms with Crippen molar-refractivity contribution >= 4 is 26.8 Å². The number of carbonyl (C=O) groups is 3. The van der Waals surface area contributed by atoms with E-state index < -0.39 is 14.6 Å². The first kappa shape index (κ1) is 25.6. The van der Waals surface area contributed by atoms with Crippen molar-refractivity contribution in [2.75, 3.05) is 19.7 Å². The average Bonchev–Trinajstić information content (AvgIpc) is 3.11. The lowest BCUT2D eigenvalue weighted by Crippen LogP contribution is -2.70. The smallest absolute Gasteiger partial charge is 0.410 e. The number of likely N-dealkylation sites (tertiary alicyclic amines) is 1. The van der Waals surface area contributed by atoms with Crippen molar-refractivity contribution in [2.24, 2.45) is 17.3 Å². The van der Waals surface area contributed by atoms with Gasteiger partial charge in [-0.2, -0.15) is 0 Å². The molecule has 2 rings (SSSR count). The summed E-state index contributed by atoms with van der Waals surface area (Å²) < 4.78 is 11.5. The maximum absolute atomic E-state index is 12.7. The Hall–Kier alpha value is -1.67. The first-order chi connectivity index (χ1) is 14.4. The maximum atomic E-state index is 12.7. The number of ketones is 1. The predicted octanol–water partition coefficient (Wildman–Crippen LogP) is 3.29. The first-order valence-electron chi connectivity index (χ1n) is 11.4. The summed E-state index contributed by atoms with van der Waals surface area (Å²) in [5, 5.41) is 2.94. The highest BCUT2D eigenvalue weighted by atomic mass is 28.3. The van der Waals surface area contributed by atoms with Crippen LogP contribution in [0.1, 0.15) is 53.4 Å². The second-order valence-corrected chi connectivity index (χ2v) is 12.7. The van der Waals surface area contributed by atoms with Gasteiger partial charge in [0.15, 0.2) is 9.04 Å². The van der Waals surface area contributed by atoms with Crippen LogP contribution < -0.4 is 5.32 Å². The highest BCUT2D eigenvalue weighted by Gasteiger charge is 2.57. The lowest BCUT2D eigenvalue weighted by Gasteiger charge is -2.54. The van der Waals surface area contributed by atoms with Crippen LogP contribution in [-0.4, -0.2) is 63.1 Å². The fourth-order valence-electron chi connectivity index (χ4n) is 4.62. The molecule has 0 aromatic rings. The van der Waals surface area contributed by atoms with Gasteiger partial charge in [0.2, 0.25) is 5.91 Å². The Labute approximate surface area is 188 Å². The highest BCUT2D eigenvalue weighted by molar-refractivity contribution is 6.48. The van der Waals surface area contributed by atoms with E-state index in [2.05, 4.69) is 45.8 Å². The van der Waals surface area contributed by atoms with E-state index in [-0.39, 0.29) is 41.8 Å². The molecule has 0 aromatic carbocycles. The normalized spacial score (nSPS) is 25.6. The van der Waals surface area contributed by atoms with Crippen molar-refractivity contribution in [3.05, 3.63) is 12.7 Å². The summed E-state index contributed by atoms with van der Waals surface area (Å²) in [5.74, 6) is 0.130. The van der Waals surface area contributed by atoms with E-state index in [9.17, 15) is 14.4 Å². The standard InChI is InChI=1S/C23H40N2O5Si/c1-8-13-29-21(28)25-12-11-16(15-25)9-10-17(26)14-18-19(20(27)24-18)23(5,22(2,3)4)30-31(6)7/h8,16,18-19,31H,1,9-15H2,2-7H3,(H,24,27)/t16?,18-,19-,23-/m1/s1. The Morgan fingerprint density at radius 3 is 2.52 bits per heavy atom. The second kappa shape index (κ2) is 10.3. The largest absolute Gasteiger partial charge is 0.445 e. The molecule has 0 aromatic heterocycles. The molecule has 1 N–H and O–H groups in total. The number of hydrogen-bond donors (Lipinski definition) is 1. The van der Waals surface area contributed by atoms with E-state index in [1.165, 1.54) is 0 Å². The third-order valence-corrected chi connectivity index (χ3v) is 7.68. The molecule has 2 amide bonds. The summed E-state index contributed by atoms with van der Waals surface area (Å²) in [6.45, 7) is 17.6. The Morgan fingerprint density at radius 1 is 1.29 bits per heavy atom. The zero-order valence-electron chi connectivity index (χ0n) is 20.0. The van der Waals surface area contributed by atoms with Crippen LogP contribution in [0.5, 0.6) is 0 Å². The minimum atomic E-state index is -1.39. The van der Waals surface area contributed by atoms with Gasteiger partial charge in [0.25, 0.3) is 0 Å². The zero-order chi connectivity index (χ0) is 23.4. The lowest BCUT2D eigenvalue weighted by atomic mass is 9.63. The van der Waals surface area contributed by atoms with Crippen molar-refractivity contribution in [1.29, 1.82) is 0 Å². The lowest BCUT2D eigenvalue weighted by molar-refractivity contribution is -0.160. The van der Waals surface area contributed by atoms with Gasteiger partial charge in [-0.3, -0.25) is 9.59 Å². The molecule has 0 bridgehead atoms. The molecule has 176 valence electrons. The van der Waals surface area contributed by atoms with E-state index in [4.69, 9.17) is 9.16 Å². The molecule has 2 fully saturated rings. The molecular formula is C23H40N2O5Si. The Kier molecular flexibility index (Phi) is 8.50. The molecule has 7 nitrogen and oxygen atoms in total. The van der Waals surface area contributed by atoms with Gasteiger partial charge in [-0.25, -0.2) is 4.79 Å². The zero-order valence-corrected chi connectivity index (χ0v) is 21.2. The quantitative estimate of drug-likeness (QED) is 0.312. The van der Waals surface area contributed by atoms with Gasteiger partial charge in [0, 0.05) is 25.9 Å². The summed E-state index contributed by atoms with van der Waals surface area (Å²) in [7, 11) is -1.39. The summed E-state index contributed by atoms with van der Waals surface area (Å²) in [6.07, 6.45) is 3.67. The fourth-order valence-corrected chi connectivity index (χ4v) is 6.10. The predicted molar refractivity (Wildman–Crippen MR) is 123 cm³/mol. The second-order valence-electron chi connectivity index (χ2n) is 10.4. The van der Waals surface area contributed by atoms with Crippen LogP contribution >= 0.6 is 0 Å². The average molecular weight is 453 g/mol. The number of nitrogens with zero attached hydrogens (tertiary/aromatic N) is 1. The molecule has 0 aliphatic carbocycles. The minimum Gasteiger partial charge on any atom is -0.445 e. The summed E-state index contributed by atoms with van der Waals surface area (Å²) in [4.78, 5) is 38.8. The van der Waals surface area contributed by atoms with Crippen LogP contribution in [0.4, 0.5) is 4.79 Å². The fraction of sp³-hybridized carbons (Fsp3) is 0.783. The molecule has 2 heterocycles. The third kappa shape index (κ3) is 6.19. The number of β-lactam (4-membered cyclic amide) rings is 1. The Bertz CT molecular complexity index is 690. The number of carbonyl (C=O) groups excluding carboxylic acids is 3. The molecule has 2 aliphatic heterocycles. The summed E-state index contributed by atoms with van der Waals surface area (Å²) in [5.41, 5.74) is -0.820. The molecule has 31 heavy (non-hydrogen) atoms. The van der Waals surface area contributed by atoms with E-state index in [1.54, 1.807) is 11.0 Å². The van der Waals surface area contributed by atoms with Crippen molar-refractivity contribution < 1.29 is 23.5 Å². The van der Waals surface area contributed by atoms with Crippen molar-refractivity contribution in [3.8, 4) is 0 Å². The minimum absolute atomic E-state index is 0.0191. The number of rotatable bonds is 10.